The van der Waals surface area contributed by atoms with Crippen LogP contribution in [0.2, 0.25) is 0 Å². The van der Waals surface area contributed by atoms with Gasteiger partial charge in [0.15, 0.2) is 0 Å². The van der Waals surface area contributed by atoms with Crippen LogP contribution in [-0.2, 0) is 20.9 Å². The summed E-state index contributed by atoms with van der Waals surface area (Å²) >= 11 is 0. The maximum atomic E-state index is 12.8. The van der Waals surface area contributed by atoms with Crippen molar-refractivity contribution in [2.75, 3.05) is 18.5 Å². The smallest absolute Gasteiger partial charge is 0.249 e. The van der Waals surface area contributed by atoms with E-state index in [1.807, 2.05) is 30.3 Å². The minimum atomic E-state index is -0.694. The lowest BCUT2D eigenvalue weighted by atomic mass is 10.1. The Morgan fingerprint density at radius 1 is 1.14 bits per heavy atom. The number of benzene rings is 2. The van der Waals surface area contributed by atoms with Crippen LogP contribution in [0.4, 0.5) is 5.69 Å². The first kappa shape index (κ1) is 17.8. The number of amides is 2. The Labute approximate surface area is 160 Å². The molecule has 142 valence electrons. The van der Waals surface area contributed by atoms with Gasteiger partial charge in [-0.1, -0.05) is 30.3 Å². The highest BCUT2D eigenvalue weighted by molar-refractivity contribution is 5.98. The van der Waals surface area contributed by atoms with Gasteiger partial charge in [0.25, 0.3) is 0 Å². The van der Waals surface area contributed by atoms with Crippen molar-refractivity contribution >= 4 is 17.5 Å². The van der Waals surface area contributed by atoms with Gasteiger partial charge in [-0.3, -0.25) is 9.59 Å². The highest BCUT2D eigenvalue weighted by Crippen LogP contribution is 2.17. The number of anilines is 1. The molecule has 0 radical (unpaired) electrons. The van der Waals surface area contributed by atoms with Crippen LogP contribution in [0.3, 0.4) is 0 Å². The molecular weight excluding hydrogens is 360 g/mol. The van der Waals surface area contributed by atoms with Crippen molar-refractivity contribution in [2.45, 2.75) is 12.6 Å². The van der Waals surface area contributed by atoms with Gasteiger partial charge in [0, 0.05) is 12.2 Å². The fraction of sp³-hybridized carbons (Fsp3) is 0.211. The number of hydrogen-bond donors (Lipinski definition) is 1. The van der Waals surface area contributed by atoms with Crippen molar-refractivity contribution in [3.05, 3.63) is 66.5 Å². The molecule has 1 aliphatic rings. The predicted octanol–water partition coefficient (Wildman–Crippen LogP) is 1.03. The minimum Gasteiger partial charge on any atom is -0.369 e. The van der Waals surface area contributed by atoms with Gasteiger partial charge in [-0.15, -0.1) is 5.10 Å². The Morgan fingerprint density at radius 3 is 2.64 bits per heavy atom. The Bertz CT molecular complexity index is 944. The Kier molecular flexibility index (Phi) is 5.07. The Morgan fingerprint density at radius 2 is 1.93 bits per heavy atom. The molecule has 1 aromatic heterocycles. The third-order valence-electron chi connectivity index (χ3n) is 4.44. The summed E-state index contributed by atoms with van der Waals surface area (Å²) in [6.45, 7) is 0.504. The Hall–Kier alpha value is -3.59. The minimum absolute atomic E-state index is 0.0166. The second kappa shape index (κ2) is 7.97. The van der Waals surface area contributed by atoms with E-state index in [4.69, 9.17) is 4.74 Å². The molecule has 0 aliphatic carbocycles. The van der Waals surface area contributed by atoms with E-state index < -0.39 is 6.04 Å². The second-order valence-corrected chi connectivity index (χ2v) is 6.33. The summed E-state index contributed by atoms with van der Waals surface area (Å²) in [5.41, 5.74) is 2.34. The SMILES string of the molecule is O=C(Nc1ccc(-n2cnnn2)cc1)C1COCC(=O)N1Cc1ccccc1. The van der Waals surface area contributed by atoms with Crippen LogP contribution < -0.4 is 5.32 Å². The fourth-order valence-corrected chi connectivity index (χ4v) is 3.00. The molecular formula is C19H18N6O3. The van der Waals surface area contributed by atoms with Crippen LogP contribution in [0.25, 0.3) is 5.69 Å². The number of morpholine rings is 1. The van der Waals surface area contributed by atoms with Gasteiger partial charge in [0.05, 0.1) is 12.3 Å². The number of hydrogen-bond acceptors (Lipinski definition) is 6. The summed E-state index contributed by atoms with van der Waals surface area (Å²) in [6.07, 6.45) is 1.49. The van der Waals surface area contributed by atoms with Crippen LogP contribution in [0.1, 0.15) is 5.56 Å². The van der Waals surface area contributed by atoms with Gasteiger partial charge in [0.1, 0.15) is 19.0 Å². The summed E-state index contributed by atoms with van der Waals surface area (Å²) in [4.78, 5) is 26.7. The summed E-state index contributed by atoms with van der Waals surface area (Å²) in [5, 5.41) is 13.8. The van der Waals surface area contributed by atoms with Gasteiger partial charge in [0.2, 0.25) is 11.8 Å². The lowest BCUT2D eigenvalue weighted by Crippen LogP contribution is -2.54. The van der Waals surface area contributed by atoms with E-state index in [0.717, 1.165) is 11.3 Å². The van der Waals surface area contributed by atoms with Gasteiger partial charge in [-0.2, -0.15) is 0 Å². The van der Waals surface area contributed by atoms with Crippen molar-refractivity contribution in [2.24, 2.45) is 0 Å². The third-order valence-corrected chi connectivity index (χ3v) is 4.44. The van der Waals surface area contributed by atoms with Gasteiger partial charge < -0.3 is 15.0 Å². The van der Waals surface area contributed by atoms with Crippen molar-refractivity contribution in [3.63, 3.8) is 0 Å². The summed E-state index contributed by atoms with van der Waals surface area (Å²) in [5.74, 6) is -0.497. The molecule has 2 heterocycles. The number of nitrogens with one attached hydrogen (secondary N) is 1. The summed E-state index contributed by atoms with van der Waals surface area (Å²) in [7, 11) is 0. The number of aromatic nitrogens is 4. The van der Waals surface area contributed by atoms with Crippen LogP contribution in [0.5, 0.6) is 0 Å². The molecule has 1 saturated heterocycles. The van der Waals surface area contributed by atoms with E-state index in [1.165, 1.54) is 11.0 Å². The molecule has 1 fully saturated rings. The van der Waals surface area contributed by atoms with Gasteiger partial charge in [-0.25, -0.2) is 4.68 Å². The molecule has 2 aromatic carbocycles. The van der Waals surface area contributed by atoms with Crippen LogP contribution in [-0.4, -0.2) is 56.2 Å². The molecule has 0 spiro atoms. The first-order valence-corrected chi connectivity index (χ1v) is 8.76. The number of rotatable bonds is 5. The number of tetrazole rings is 1. The van der Waals surface area contributed by atoms with E-state index in [2.05, 4.69) is 20.8 Å². The fourth-order valence-electron chi connectivity index (χ4n) is 3.00. The average molecular weight is 378 g/mol. The summed E-state index contributed by atoms with van der Waals surface area (Å²) < 4.78 is 6.83. The lowest BCUT2D eigenvalue weighted by molar-refractivity contribution is -0.154. The zero-order valence-electron chi connectivity index (χ0n) is 14.9. The molecule has 3 aromatic rings. The maximum absolute atomic E-state index is 12.8. The molecule has 9 heteroatoms. The van der Waals surface area contributed by atoms with Crippen molar-refractivity contribution < 1.29 is 14.3 Å². The average Bonchev–Trinajstić information content (AvgIpc) is 3.26. The molecule has 1 aliphatic heterocycles. The van der Waals surface area contributed by atoms with E-state index >= 15 is 0 Å². The molecule has 1 atom stereocenters. The maximum Gasteiger partial charge on any atom is 0.249 e. The quantitative estimate of drug-likeness (QED) is 0.711. The molecule has 1 N–H and O–H groups in total. The molecule has 28 heavy (non-hydrogen) atoms. The van der Waals surface area contributed by atoms with Crippen molar-refractivity contribution in [3.8, 4) is 5.69 Å². The van der Waals surface area contributed by atoms with E-state index in [1.54, 1.807) is 29.2 Å². The highest BCUT2D eigenvalue weighted by Gasteiger charge is 2.34. The number of ether oxygens (including phenoxy) is 1. The molecule has 2 amide bonds. The van der Waals surface area contributed by atoms with Crippen molar-refractivity contribution in [1.29, 1.82) is 0 Å². The molecule has 0 saturated carbocycles. The first-order valence-electron chi connectivity index (χ1n) is 8.76. The zero-order valence-corrected chi connectivity index (χ0v) is 14.9. The predicted molar refractivity (Wildman–Crippen MR) is 99.4 cm³/mol. The highest BCUT2D eigenvalue weighted by atomic mass is 16.5. The zero-order chi connectivity index (χ0) is 19.3. The van der Waals surface area contributed by atoms with Crippen LogP contribution in [0, 0.1) is 0 Å². The third kappa shape index (κ3) is 3.89. The summed E-state index contributed by atoms with van der Waals surface area (Å²) in [6, 6.07) is 16.0. The van der Waals surface area contributed by atoms with E-state index in [-0.39, 0.29) is 25.0 Å². The molecule has 0 bridgehead atoms. The normalized spacial score (nSPS) is 16.8. The Balaban J connectivity index is 1.46. The van der Waals surface area contributed by atoms with Crippen LogP contribution >= 0.6 is 0 Å². The van der Waals surface area contributed by atoms with Gasteiger partial charge >= 0.3 is 0 Å². The molecule has 4 rings (SSSR count). The largest absolute Gasteiger partial charge is 0.369 e. The first-order chi connectivity index (χ1) is 13.7. The topological polar surface area (TPSA) is 102 Å². The lowest BCUT2D eigenvalue weighted by Gasteiger charge is -2.34. The number of carbonyl (C=O) groups excluding carboxylic acids is 2. The number of carbonyl (C=O) groups is 2. The second-order valence-electron chi connectivity index (χ2n) is 6.33. The monoisotopic (exact) mass is 378 g/mol. The van der Waals surface area contributed by atoms with E-state index in [9.17, 15) is 9.59 Å². The molecule has 1 unspecified atom stereocenters. The van der Waals surface area contributed by atoms with Crippen LogP contribution in [0.15, 0.2) is 60.9 Å². The number of nitrogens with zero attached hydrogens (tertiary/aromatic N) is 5. The molecule has 9 nitrogen and oxygen atoms in total. The van der Waals surface area contributed by atoms with E-state index in [0.29, 0.717) is 12.2 Å². The van der Waals surface area contributed by atoms with Gasteiger partial charge in [-0.05, 0) is 40.3 Å². The van der Waals surface area contributed by atoms with Crippen molar-refractivity contribution in [1.82, 2.24) is 25.1 Å². The standard InChI is InChI=1S/C19H18N6O3/c26-18-12-28-11-17(24(18)10-14-4-2-1-3-5-14)19(27)21-15-6-8-16(9-7-15)25-13-20-22-23-25/h1-9,13,17H,10-12H2,(H,21,27).